The number of likely N-dealkylation sites (tertiary alicyclic amines) is 1. The van der Waals surface area contributed by atoms with Crippen molar-refractivity contribution in [3.05, 3.63) is 53.2 Å². The highest BCUT2D eigenvalue weighted by atomic mass is 19.1. The molecule has 0 saturated carbocycles. The van der Waals surface area contributed by atoms with Gasteiger partial charge in [-0.1, -0.05) is 17.3 Å². The molecule has 2 aromatic rings. The highest BCUT2D eigenvalue weighted by Gasteiger charge is 2.22. The van der Waals surface area contributed by atoms with Gasteiger partial charge in [0.1, 0.15) is 11.6 Å². The number of carbonyl (C=O) groups is 1. The second kappa shape index (κ2) is 6.94. The van der Waals surface area contributed by atoms with Gasteiger partial charge in [0, 0.05) is 19.2 Å². The van der Waals surface area contributed by atoms with Gasteiger partial charge in [-0.05, 0) is 49.8 Å². The van der Waals surface area contributed by atoms with Crippen LogP contribution in [0, 0.1) is 12.7 Å². The lowest BCUT2D eigenvalue weighted by Crippen LogP contribution is -2.33. The lowest BCUT2D eigenvalue weighted by atomic mass is 9.92. The molecular weight excluding hydrogens is 295 g/mol. The Labute approximate surface area is 135 Å². The van der Waals surface area contributed by atoms with Crippen LogP contribution in [0.1, 0.15) is 42.2 Å². The molecule has 1 atom stereocenters. The third-order valence-electron chi connectivity index (χ3n) is 4.43. The van der Waals surface area contributed by atoms with Crippen LogP contribution >= 0.6 is 0 Å². The van der Waals surface area contributed by atoms with Crippen LogP contribution in [-0.4, -0.2) is 29.1 Å². The number of halogens is 1. The molecule has 2 heterocycles. The number of nitrogens with zero attached hydrogens (tertiary/aromatic N) is 2. The average molecular weight is 316 g/mol. The van der Waals surface area contributed by atoms with E-state index in [-0.39, 0.29) is 11.7 Å². The van der Waals surface area contributed by atoms with Crippen LogP contribution in [-0.2, 0) is 11.2 Å². The van der Waals surface area contributed by atoms with Crippen molar-refractivity contribution >= 4 is 5.91 Å². The second-order valence-corrected chi connectivity index (χ2v) is 6.17. The van der Waals surface area contributed by atoms with Gasteiger partial charge in [0.2, 0.25) is 5.91 Å². The summed E-state index contributed by atoms with van der Waals surface area (Å²) < 4.78 is 18.1. The molecule has 1 saturated heterocycles. The molecular formula is C18H21FN2O2. The highest BCUT2D eigenvalue weighted by molar-refractivity contribution is 5.78. The number of carbonyl (C=O) groups excluding carboxylic acids is 1. The summed E-state index contributed by atoms with van der Waals surface area (Å²) in [6.07, 6.45) is 3.19. The third-order valence-corrected chi connectivity index (χ3v) is 4.43. The molecule has 1 aromatic carbocycles. The van der Waals surface area contributed by atoms with Crippen molar-refractivity contribution in [3.63, 3.8) is 0 Å². The Kier molecular flexibility index (Phi) is 4.74. The zero-order valence-corrected chi connectivity index (χ0v) is 13.3. The molecule has 23 heavy (non-hydrogen) atoms. The maximum Gasteiger partial charge on any atom is 0.228 e. The van der Waals surface area contributed by atoms with E-state index in [1.54, 1.807) is 6.07 Å². The molecule has 1 aliphatic heterocycles. The Balaban J connectivity index is 1.59. The first-order chi connectivity index (χ1) is 11.1. The molecule has 1 unspecified atom stereocenters. The highest BCUT2D eigenvalue weighted by Crippen LogP contribution is 2.28. The van der Waals surface area contributed by atoms with E-state index >= 15 is 0 Å². The number of amides is 1. The molecule has 0 aliphatic carbocycles. The number of aromatic nitrogens is 1. The predicted octanol–water partition coefficient (Wildman–Crippen LogP) is 3.46. The molecule has 4 nitrogen and oxygen atoms in total. The summed E-state index contributed by atoms with van der Waals surface area (Å²) in [4.78, 5) is 14.3. The Morgan fingerprint density at radius 1 is 1.30 bits per heavy atom. The average Bonchev–Trinajstić information content (AvgIpc) is 2.80. The van der Waals surface area contributed by atoms with Crippen LogP contribution in [0.5, 0.6) is 0 Å². The summed E-state index contributed by atoms with van der Waals surface area (Å²) in [7, 11) is 0. The van der Waals surface area contributed by atoms with E-state index in [1.807, 2.05) is 24.0 Å². The standard InChI is InChI=1S/C18H21FN2O2/c1-13-11-17(20-23-13)12-18(22)21-9-2-3-14(8-10-21)15-4-6-16(19)7-5-15/h4-7,11,14H,2-3,8-10,12H2,1H3. The molecule has 0 N–H and O–H groups in total. The van der Waals surface area contributed by atoms with Crippen molar-refractivity contribution in [1.82, 2.24) is 10.1 Å². The zero-order valence-electron chi connectivity index (χ0n) is 13.3. The van der Waals surface area contributed by atoms with Crippen molar-refractivity contribution in [2.45, 2.75) is 38.5 Å². The van der Waals surface area contributed by atoms with Gasteiger partial charge in [-0.25, -0.2) is 4.39 Å². The molecule has 0 radical (unpaired) electrons. The first-order valence-corrected chi connectivity index (χ1v) is 8.07. The van der Waals surface area contributed by atoms with E-state index < -0.39 is 0 Å². The lowest BCUT2D eigenvalue weighted by Gasteiger charge is -2.20. The predicted molar refractivity (Wildman–Crippen MR) is 84.5 cm³/mol. The van der Waals surface area contributed by atoms with Crippen molar-refractivity contribution in [1.29, 1.82) is 0 Å². The molecule has 0 bridgehead atoms. The lowest BCUT2D eigenvalue weighted by molar-refractivity contribution is -0.130. The zero-order chi connectivity index (χ0) is 16.2. The summed E-state index contributed by atoms with van der Waals surface area (Å²) in [5, 5.41) is 3.89. The van der Waals surface area contributed by atoms with Crippen LogP contribution in [0.15, 0.2) is 34.9 Å². The monoisotopic (exact) mass is 316 g/mol. The fourth-order valence-corrected chi connectivity index (χ4v) is 3.18. The number of hydrogen-bond donors (Lipinski definition) is 0. The van der Waals surface area contributed by atoms with Crippen LogP contribution in [0.2, 0.25) is 0 Å². The molecule has 3 rings (SSSR count). The molecule has 0 spiro atoms. The first-order valence-electron chi connectivity index (χ1n) is 8.07. The van der Waals surface area contributed by atoms with Crippen LogP contribution < -0.4 is 0 Å². The van der Waals surface area contributed by atoms with Gasteiger partial charge in [0.25, 0.3) is 0 Å². The van der Waals surface area contributed by atoms with Crippen LogP contribution in [0.3, 0.4) is 0 Å². The Morgan fingerprint density at radius 2 is 2.09 bits per heavy atom. The van der Waals surface area contributed by atoms with Gasteiger partial charge in [-0.3, -0.25) is 4.79 Å². The first kappa shape index (κ1) is 15.7. The fraction of sp³-hybridized carbons (Fsp3) is 0.444. The number of rotatable bonds is 3. The Bertz CT molecular complexity index is 666. The molecule has 1 amide bonds. The van der Waals surface area contributed by atoms with E-state index in [2.05, 4.69) is 5.16 Å². The molecule has 1 aliphatic rings. The van der Waals surface area contributed by atoms with E-state index in [9.17, 15) is 9.18 Å². The van der Waals surface area contributed by atoms with E-state index in [1.165, 1.54) is 12.1 Å². The summed E-state index contributed by atoms with van der Waals surface area (Å²) in [5.41, 5.74) is 1.85. The van der Waals surface area contributed by atoms with E-state index in [4.69, 9.17) is 4.52 Å². The van der Waals surface area contributed by atoms with Crippen molar-refractivity contribution in [2.24, 2.45) is 0 Å². The van der Waals surface area contributed by atoms with Gasteiger partial charge in [0.15, 0.2) is 0 Å². The summed E-state index contributed by atoms with van der Waals surface area (Å²) in [6, 6.07) is 8.54. The number of benzene rings is 1. The molecule has 1 fully saturated rings. The maximum absolute atomic E-state index is 13.0. The van der Waals surface area contributed by atoms with Crippen molar-refractivity contribution in [3.8, 4) is 0 Å². The summed E-state index contributed by atoms with van der Waals surface area (Å²) in [5.74, 6) is 1.00. The van der Waals surface area contributed by atoms with E-state index in [0.717, 1.165) is 43.7 Å². The largest absolute Gasteiger partial charge is 0.361 e. The number of hydrogen-bond acceptors (Lipinski definition) is 3. The normalized spacial score (nSPS) is 18.7. The minimum atomic E-state index is -0.206. The molecule has 5 heteroatoms. The van der Waals surface area contributed by atoms with Crippen LogP contribution in [0.25, 0.3) is 0 Å². The van der Waals surface area contributed by atoms with Gasteiger partial charge < -0.3 is 9.42 Å². The fourth-order valence-electron chi connectivity index (χ4n) is 3.18. The van der Waals surface area contributed by atoms with Gasteiger partial charge in [-0.2, -0.15) is 0 Å². The maximum atomic E-state index is 13.0. The quantitative estimate of drug-likeness (QED) is 0.871. The topological polar surface area (TPSA) is 46.3 Å². The Hall–Kier alpha value is -2.17. The minimum Gasteiger partial charge on any atom is -0.361 e. The minimum absolute atomic E-state index is 0.0954. The smallest absolute Gasteiger partial charge is 0.228 e. The van der Waals surface area contributed by atoms with Gasteiger partial charge >= 0.3 is 0 Å². The molecule has 1 aromatic heterocycles. The third kappa shape index (κ3) is 3.97. The van der Waals surface area contributed by atoms with E-state index in [0.29, 0.717) is 18.0 Å². The molecule has 122 valence electrons. The van der Waals surface area contributed by atoms with Crippen molar-refractivity contribution in [2.75, 3.05) is 13.1 Å². The summed E-state index contributed by atoms with van der Waals surface area (Å²) >= 11 is 0. The summed E-state index contributed by atoms with van der Waals surface area (Å²) in [6.45, 7) is 3.32. The van der Waals surface area contributed by atoms with Crippen LogP contribution in [0.4, 0.5) is 4.39 Å². The van der Waals surface area contributed by atoms with Gasteiger partial charge in [0.05, 0.1) is 12.1 Å². The van der Waals surface area contributed by atoms with Gasteiger partial charge in [-0.15, -0.1) is 0 Å². The van der Waals surface area contributed by atoms with Crippen molar-refractivity contribution < 1.29 is 13.7 Å². The number of aryl methyl sites for hydroxylation is 1. The Morgan fingerprint density at radius 3 is 2.78 bits per heavy atom. The second-order valence-electron chi connectivity index (χ2n) is 6.17. The SMILES string of the molecule is Cc1cc(CC(=O)N2CCCC(c3ccc(F)cc3)CC2)no1.